The standard InChI is InChI=1S/C17H14F3N5O3S2/c1-9-7-29-15(22-9)23-12(26)8-30-16-25-24-13(28-16)6-21-14(27)10-3-2-4-11(5-10)17(18,19)20/h2-5,7H,6,8H2,1H3,(H,21,27)(H,22,23,26). The number of rotatable bonds is 7. The molecular weight excluding hydrogens is 443 g/mol. The Labute approximate surface area is 176 Å². The van der Waals surface area contributed by atoms with Gasteiger partial charge in [0, 0.05) is 10.9 Å². The highest BCUT2D eigenvalue weighted by Crippen LogP contribution is 2.29. The molecule has 0 aliphatic rings. The van der Waals surface area contributed by atoms with E-state index in [0.717, 1.165) is 35.7 Å². The molecule has 0 aliphatic carbocycles. The van der Waals surface area contributed by atoms with Crippen molar-refractivity contribution in [1.82, 2.24) is 20.5 Å². The maximum atomic E-state index is 12.7. The molecule has 2 N–H and O–H groups in total. The van der Waals surface area contributed by atoms with E-state index in [0.29, 0.717) is 5.13 Å². The first-order chi connectivity index (χ1) is 14.2. The number of hydrogen-bond acceptors (Lipinski definition) is 8. The summed E-state index contributed by atoms with van der Waals surface area (Å²) >= 11 is 2.30. The van der Waals surface area contributed by atoms with Crippen LogP contribution in [0, 0.1) is 6.92 Å². The molecule has 2 heterocycles. The second-order valence-electron chi connectivity index (χ2n) is 5.85. The van der Waals surface area contributed by atoms with Gasteiger partial charge in [0.25, 0.3) is 11.1 Å². The van der Waals surface area contributed by atoms with Crippen LogP contribution in [0.2, 0.25) is 0 Å². The van der Waals surface area contributed by atoms with E-state index in [4.69, 9.17) is 4.42 Å². The fourth-order valence-electron chi connectivity index (χ4n) is 2.16. The number of thioether (sulfide) groups is 1. The van der Waals surface area contributed by atoms with Gasteiger partial charge in [0.15, 0.2) is 5.13 Å². The van der Waals surface area contributed by atoms with Crippen molar-refractivity contribution in [3.63, 3.8) is 0 Å². The van der Waals surface area contributed by atoms with Crippen LogP contribution in [0.5, 0.6) is 0 Å². The number of halogens is 3. The van der Waals surface area contributed by atoms with Crippen molar-refractivity contribution in [2.75, 3.05) is 11.1 Å². The van der Waals surface area contributed by atoms with Gasteiger partial charge >= 0.3 is 6.18 Å². The Balaban J connectivity index is 1.48. The van der Waals surface area contributed by atoms with Crippen molar-refractivity contribution in [2.45, 2.75) is 24.9 Å². The lowest BCUT2D eigenvalue weighted by Gasteiger charge is -2.08. The maximum absolute atomic E-state index is 12.7. The summed E-state index contributed by atoms with van der Waals surface area (Å²) in [6.45, 7) is 1.64. The minimum Gasteiger partial charge on any atom is -0.414 e. The first-order valence-electron chi connectivity index (χ1n) is 8.33. The Bertz CT molecular complexity index is 1050. The number of nitrogens with one attached hydrogen (secondary N) is 2. The van der Waals surface area contributed by atoms with Crippen molar-refractivity contribution in [3.05, 3.63) is 52.4 Å². The van der Waals surface area contributed by atoms with E-state index in [9.17, 15) is 22.8 Å². The number of carbonyl (C=O) groups is 2. The molecule has 0 fully saturated rings. The predicted molar refractivity (Wildman–Crippen MR) is 103 cm³/mol. The smallest absolute Gasteiger partial charge is 0.414 e. The minimum absolute atomic E-state index is 0.0108. The molecule has 3 aromatic rings. The fraction of sp³-hybridized carbons (Fsp3) is 0.235. The number of aromatic nitrogens is 3. The SMILES string of the molecule is Cc1csc(NC(=O)CSc2nnc(CNC(=O)c3cccc(C(F)(F)F)c3)o2)n1. The molecule has 13 heteroatoms. The molecule has 0 bridgehead atoms. The molecule has 0 atom stereocenters. The first-order valence-corrected chi connectivity index (χ1v) is 10.2. The van der Waals surface area contributed by atoms with Gasteiger partial charge in [-0.1, -0.05) is 17.8 Å². The molecule has 0 unspecified atom stereocenters. The topological polar surface area (TPSA) is 110 Å². The van der Waals surface area contributed by atoms with E-state index >= 15 is 0 Å². The van der Waals surface area contributed by atoms with Crippen LogP contribution in [0.25, 0.3) is 0 Å². The Kier molecular flexibility index (Phi) is 6.72. The van der Waals surface area contributed by atoms with Gasteiger partial charge in [-0.05, 0) is 25.1 Å². The third kappa shape index (κ3) is 6.03. The van der Waals surface area contributed by atoms with E-state index in [1.165, 1.54) is 17.4 Å². The average Bonchev–Trinajstić information content (AvgIpc) is 3.32. The van der Waals surface area contributed by atoms with Gasteiger partial charge in [0.2, 0.25) is 11.8 Å². The number of aryl methyl sites for hydroxylation is 1. The van der Waals surface area contributed by atoms with E-state index in [2.05, 4.69) is 25.8 Å². The number of amides is 2. The Hall–Kier alpha value is -2.93. The lowest BCUT2D eigenvalue weighted by molar-refractivity contribution is -0.137. The summed E-state index contributed by atoms with van der Waals surface area (Å²) in [7, 11) is 0. The van der Waals surface area contributed by atoms with Gasteiger partial charge in [0.05, 0.1) is 23.6 Å². The molecule has 0 saturated carbocycles. The molecule has 0 aliphatic heterocycles. The Morgan fingerprint density at radius 1 is 1.27 bits per heavy atom. The summed E-state index contributed by atoms with van der Waals surface area (Å²) in [5.41, 5.74) is -0.262. The van der Waals surface area contributed by atoms with Crippen molar-refractivity contribution >= 4 is 40.0 Å². The normalized spacial score (nSPS) is 11.3. The lowest BCUT2D eigenvalue weighted by atomic mass is 10.1. The molecule has 0 radical (unpaired) electrons. The van der Waals surface area contributed by atoms with Crippen LogP contribution >= 0.6 is 23.1 Å². The zero-order valence-electron chi connectivity index (χ0n) is 15.3. The monoisotopic (exact) mass is 457 g/mol. The third-order valence-electron chi connectivity index (χ3n) is 3.49. The van der Waals surface area contributed by atoms with Crippen LogP contribution in [0.1, 0.15) is 27.5 Å². The molecule has 0 saturated heterocycles. The number of thiazole rings is 1. The summed E-state index contributed by atoms with van der Waals surface area (Å²) in [5.74, 6) is -0.955. The second-order valence-corrected chi connectivity index (χ2v) is 7.64. The van der Waals surface area contributed by atoms with Gasteiger partial charge in [-0.3, -0.25) is 9.59 Å². The molecule has 3 rings (SSSR count). The van der Waals surface area contributed by atoms with Gasteiger partial charge in [-0.15, -0.1) is 21.5 Å². The Morgan fingerprint density at radius 2 is 2.07 bits per heavy atom. The molecule has 0 spiro atoms. The van der Waals surface area contributed by atoms with Crippen LogP contribution < -0.4 is 10.6 Å². The van der Waals surface area contributed by atoms with Gasteiger partial charge in [-0.25, -0.2) is 4.98 Å². The molecule has 30 heavy (non-hydrogen) atoms. The average molecular weight is 457 g/mol. The lowest BCUT2D eigenvalue weighted by Crippen LogP contribution is -2.23. The van der Waals surface area contributed by atoms with Crippen molar-refractivity contribution in [1.29, 1.82) is 0 Å². The van der Waals surface area contributed by atoms with Crippen molar-refractivity contribution in [3.8, 4) is 0 Å². The van der Waals surface area contributed by atoms with Crippen LogP contribution in [0.3, 0.4) is 0 Å². The summed E-state index contributed by atoms with van der Waals surface area (Å²) in [4.78, 5) is 28.1. The summed E-state index contributed by atoms with van der Waals surface area (Å²) in [6, 6.07) is 4.05. The number of benzene rings is 1. The molecule has 8 nitrogen and oxygen atoms in total. The van der Waals surface area contributed by atoms with Gasteiger partial charge in [0.1, 0.15) is 0 Å². The van der Waals surface area contributed by atoms with Crippen LogP contribution in [-0.4, -0.2) is 32.7 Å². The molecular formula is C17H14F3N5O3S2. The predicted octanol–water partition coefficient (Wildman–Crippen LogP) is 3.51. The van der Waals surface area contributed by atoms with E-state index in [1.54, 1.807) is 5.38 Å². The highest BCUT2D eigenvalue weighted by Gasteiger charge is 2.30. The van der Waals surface area contributed by atoms with E-state index < -0.39 is 17.6 Å². The van der Waals surface area contributed by atoms with Crippen LogP contribution in [0.4, 0.5) is 18.3 Å². The number of anilines is 1. The maximum Gasteiger partial charge on any atom is 0.416 e. The Morgan fingerprint density at radius 3 is 2.77 bits per heavy atom. The van der Waals surface area contributed by atoms with Gasteiger partial charge in [-0.2, -0.15) is 13.2 Å². The van der Waals surface area contributed by atoms with E-state index in [1.807, 2.05) is 6.92 Å². The molecule has 1 aromatic carbocycles. The fourth-order valence-corrected chi connectivity index (χ4v) is 3.44. The van der Waals surface area contributed by atoms with Crippen LogP contribution in [-0.2, 0) is 17.5 Å². The number of carbonyl (C=O) groups excluding carboxylic acids is 2. The number of nitrogens with zero attached hydrogens (tertiary/aromatic N) is 3. The minimum atomic E-state index is -4.54. The molecule has 158 valence electrons. The molecule has 2 amide bonds. The van der Waals surface area contributed by atoms with Crippen molar-refractivity contribution < 1.29 is 27.2 Å². The zero-order valence-corrected chi connectivity index (χ0v) is 17.0. The van der Waals surface area contributed by atoms with E-state index in [-0.39, 0.29) is 34.9 Å². The van der Waals surface area contributed by atoms with Crippen LogP contribution in [0.15, 0.2) is 39.3 Å². The number of alkyl halides is 3. The van der Waals surface area contributed by atoms with Crippen molar-refractivity contribution in [2.24, 2.45) is 0 Å². The zero-order chi connectivity index (χ0) is 21.7. The largest absolute Gasteiger partial charge is 0.416 e. The summed E-state index contributed by atoms with van der Waals surface area (Å²) < 4.78 is 43.5. The van der Waals surface area contributed by atoms with Gasteiger partial charge < -0.3 is 15.1 Å². The quantitative estimate of drug-likeness (QED) is 0.523. The summed E-state index contributed by atoms with van der Waals surface area (Å²) in [5, 5.41) is 14.9. The number of hydrogen-bond donors (Lipinski definition) is 2. The molecule has 2 aromatic heterocycles. The second kappa shape index (κ2) is 9.26. The first kappa shape index (κ1) is 21.8. The highest BCUT2D eigenvalue weighted by molar-refractivity contribution is 7.99. The third-order valence-corrected chi connectivity index (χ3v) is 5.19. The summed E-state index contributed by atoms with van der Waals surface area (Å²) in [6.07, 6.45) is -4.54. The highest BCUT2D eigenvalue weighted by atomic mass is 32.2.